The summed E-state index contributed by atoms with van der Waals surface area (Å²) in [5.41, 5.74) is 1.31. The topological polar surface area (TPSA) is 77.7 Å². The van der Waals surface area contributed by atoms with Crippen molar-refractivity contribution >= 4 is 34.4 Å². The second-order valence-electron chi connectivity index (χ2n) is 7.11. The lowest BCUT2D eigenvalue weighted by Gasteiger charge is -2.22. The van der Waals surface area contributed by atoms with Gasteiger partial charge in [-0.3, -0.25) is 4.98 Å². The van der Waals surface area contributed by atoms with Crippen molar-refractivity contribution in [3.05, 3.63) is 59.7 Å². The normalized spacial score (nSPS) is 10.2. The molecule has 3 aromatic rings. The van der Waals surface area contributed by atoms with E-state index >= 15 is 0 Å². The van der Waals surface area contributed by atoms with Crippen molar-refractivity contribution in [3.8, 4) is 34.8 Å². The summed E-state index contributed by atoms with van der Waals surface area (Å²) >= 11 is 11.2. The van der Waals surface area contributed by atoms with Crippen molar-refractivity contribution in [2.45, 2.75) is 0 Å². The molecular weight excluding hydrogens is 490 g/mol. The van der Waals surface area contributed by atoms with Crippen LogP contribution < -0.4 is 28.6 Å². The summed E-state index contributed by atoms with van der Waals surface area (Å²) in [4.78, 5) is 15.5. The highest BCUT2D eigenvalue weighted by Crippen LogP contribution is 2.28. The minimum Gasteiger partial charge on any atom is -0.497 e. The number of nitrogens with one attached hydrogen (secondary N) is 1. The molecule has 2 aromatic carbocycles. The van der Waals surface area contributed by atoms with E-state index in [9.17, 15) is 0 Å². The van der Waals surface area contributed by atoms with Gasteiger partial charge in [0, 0.05) is 26.2 Å². The summed E-state index contributed by atoms with van der Waals surface area (Å²) in [6.45, 7) is 0. The number of rotatable bonds is 10. The van der Waals surface area contributed by atoms with E-state index in [0.29, 0.717) is 55.9 Å². The Kier molecular flexibility index (Phi) is 8.61. The maximum Gasteiger partial charge on any atom is 0.227 e. The fourth-order valence-electron chi connectivity index (χ4n) is 3.14. The third-order valence-electron chi connectivity index (χ3n) is 4.95. The van der Waals surface area contributed by atoms with Crippen LogP contribution in [-0.4, -0.2) is 67.6 Å². The minimum absolute atomic E-state index is 0.404. The SMILES string of the molecule is COc1ccc(OC)c(C(=S)N(C)Oc2ccc(ON(C)C(=S)c3cc(OC)ccc3OC)[nH]2)c1. The molecule has 0 aliphatic rings. The second kappa shape index (κ2) is 11.6. The molecule has 35 heavy (non-hydrogen) atoms. The zero-order valence-electron chi connectivity index (χ0n) is 20.3. The van der Waals surface area contributed by atoms with Crippen LogP contribution in [0.25, 0.3) is 0 Å². The first-order valence-corrected chi connectivity index (χ1v) is 11.2. The second-order valence-corrected chi connectivity index (χ2v) is 7.88. The molecule has 3 rings (SSSR count). The van der Waals surface area contributed by atoms with Gasteiger partial charge >= 0.3 is 0 Å². The Morgan fingerprint density at radius 2 is 1.03 bits per heavy atom. The number of methoxy groups -OCH3 is 4. The van der Waals surface area contributed by atoms with Gasteiger partial charge in [0.25, 0.3) is 0 Å². The van der Waals surface area contributed by atoms with Crippen molar-refractivity contribution in [1.82, 2.24) is 15.1 Å². The minimum atomic E-state index is 0.404. The number of hydroxylamine groups is 4. The highest BCUT2D eigenvalue weighted by Gasteiger charge is 2.18. The Morgan fingerprint density at radius 3 is 1.37 bits per heavy atom. The average molecular weight is 518 g/mol. The van der Waals surface area contributed by atoms with E-state index in [1.807, 2.05) is 0 Å². The van der Waals surface area contributed by atoms with Crippen molar-refractivity contribution in [3.63, 3.8) is 0 Å². The van der Waals surface area contributed by atoms with Crippen LogP contribution in [0, 0.1) is 0 Å². The molecule has 0 saturated heterocycles. The number of aromatic nitrogens is 1. The summed E-state index contributed by atoms with van der Waals surface area (Å²) in [5, 5.41) is 2.88. The lowest BCUT2D eigenvalue weighted by atomic mass is 10.2. The molecule has 0 saturated carbocycles. The number of nitrogens with zero attached hydrogens (tertiary/aromatic N) is 2. The molecular formula is C24H27N3O6S2. The smallest absolute Gasteiger partial charge is 0.227 e. The molecule has 0 aliphatic heterocycles. The van der Waals surface area contributed by atoms with Crippen LogP contribution in [0.3, 0.4) is 0 Å². The molecule has 0 amide bonds. The zero-order valence-corrected chi connectivity index (χ0v) is 21.9. The molecule has 0 spiro atoms. The molecule has 0 bridgehead atoms. The number of H-pyrrole nitrogens is 1. The van der Waals surface area contributed by atoms with E-state index in [0.717, 1.165) is 0 Å². The van der Waals surface area contributed by atoms with Gasteiger partial charge in [-0.2, -0.15) is 10.1 Å². The van der Waals surface area contributed by atoms with Crippen LogP contribution in [-0.2, 0) is 0 Å². The average Bonchev–Trinajstić information content (AvgIpc) is 3.32. The third kappa shape index (κ3) is 6.06. The van der Waals surface area contributed by atoms with E-state index in [4.69, 9.17) is 53.1 Å². The fraction of sp³-hybridized carbons (Fsp3) is 0.250. The van der Waals surface area contributed by atoms with Crippen LogP contribution in [0.2, 0.25) is 0 Å². The molecule has 0 unspecified atom stereocenters. The predicted octanol–water partition coefficient (Wildman–Crippen LogP) is 4.25. The van der Waals surface area contributed by atoms with Gasteiger partial charge in [0.2, 0.25) is 11.8 Å². The first-order chi connectivity index (χ1) is 16.8. The zero-order chi connectivity index (χ0) is 25.5. The van der Waals surface area contributed by atoms with Crippen LogP contribution in [0.15, 0.2) is 48.5 Å². The standard InChI is InChI=1S/C24H27N3O6S2/c1-26(23(34)17-13-15(28-3)7-9-19(17)30-5)32-21-11-12-22(25-21)33-27(2)24(35)18-14-16(29-4)8-10-20(18)31-6/h7-14,25H,1-6H3. The summed E-state index contributed by atoms with van der Waals surface area (Å²) in [6.07, 6.45) is 0. The number of aromatic amines is 1. The molecule has 11 heteroatoms. The van der Waals surface area contributed by atoms with Gasteiger partial charge in [-0.15, -0.1) is 0 Å². The fourth-order valence-corrected chi connectivity index (χ4v) is 3.54. The van der Waals surface area contributed by atoms with Crippen LogP contribution in [0.1, 0.15) is 11.1 Å². The first kappa shape index (κ1) is 25.9. The number of ether oxygens (including phenoxy) is 4. The molecule has 9 nitrogen and oxygen atoms in total. The highest BCUT2D eigenvalue weighted by molar-refractivity contribution is 7.80. The molecule has 0 radical (unpaired) electrons. The first-order valence-electron chi connectivity index (χ1n) is 10.4. The third-order valence-corrected chi connectivity index (χ3v) is 5.90. The largest absolute Gasteiger partial charge is 0.497 e. The lowest BCUT2D eigenvalue weighted by Crippen LogP contribution is -2.30. The van der Waals surface area contributed by atoms with Crippen molar-refractivity contribution in [1.29, 1.82) is 0 Å². The predicted molar refractivity (Wildman–Crippen MR) is 140 cm³/mol. The maximum absolute atomic E-state index is 5.85. The molecule has 0 aliphatic carbocycles. The number of hydrogen-bond acceptors (Lipinski definition) is 8. The van der Waals surface area contributed by atoms with Gasteiger partial charge in [0.15, 0.2) is 0 Å². The van der Waals surface area contributed by atoms with Crippen LogP contribution in [0.4, 0.5) is 0 Å². The molecule has 1 heterocycles. The monoisotopic (exact) mass is 517 g/mol. The summed E-state index contributed by atoms with van der Waals surface area (Å²) in [6, 6.07) is 14.1. The number of thiocarbonyl (C=S) groups is 2. The van der Waals surface area contributed by atoms with E-state index in [1.54, 1.807) is 91.1 Å². The van der Waals surface area contributed by atoms with Gasteiger partial charge in [-0.25, -0.2) is 0 Å². The molecule has 186 valence electrons. The van der Waals surface area contributed by atoms with Crippen molar-refractivity contribution < 1.29 is 28.6 Å². The molecule has 1 N–H and O–H groups in total. The van der Waals surface area contributed by atoms with Crippen molar-refractivity contribution in [2.24, 2.45) is 0 Å². The Hall–Kier alpha value is -3.70. The lowest BCUT2D eigenvalue weighted by molar-refractivity contribution is 0.0342. The Morgan fingerprint density at radius 1 is 0.629 bits per heavy atom. The van der Waals surface area contributed by atoms with Crippen molar-refractivity contribution in [2.75, 3.05) is 42.5 Å². The van der Waals surface area contributed by atoms with Gasteiger partial charge in [-0.1, -0.05) is 24.4 Å². The van der Waals surface area contributed by atoms with Gasteiger partial charge < -0.3 is 28.6 Å². The molecule has 1 aromatic heterocycles. The Balaban J connectivity index is 1.69. The molecule has 0 fully saturated rings. The molecule has 0 atom stereocenters. The maximum atomic E-state index is 5.85. The Labute approximate surface area is 215 Å². The highest BCUT2D eigenvalue weighted by atomic mass is 32.1. The number of hydrogen-bond donors (Lipinski definition) is 1. The summed E-state index contributed by atoms with van der Waals surface area (Å²) in [7, 11) is 9.71. The van der Waals surface area contributed by atoms with Crippen LogP contribution >= 0.6 is 24.4 Å². The van der Waals surface area contributed by atoms with Gasteiger partial charge in [0.05, 0.1) is 39.6 Å². The Bertz CT molecular complexity index is 1110. The summed E-state index contributed by atoms with van der Waals surface area (Å²) in [5.74, 6) is 3.32. The van der Waals surface area contributed by atoms with E-state index in [-0.39, 0.29) is 0 Å². The van der Waals surface area contributed by atoms with E-state index < -0.39 is 0 Å². The van der Waals surface area contributed by atoms with Gasteiger partial charge in [0.1, 0.15) is 33.0 Å². The van der Waals surface area contributed by atoms with Crippen LogP contribution in [0.5, 0.6) is 34.8 Å². The van der Waals surface area contributed by atoms with E-state index in [2.05, 4.69) is 4.98 Å². The number of benzene rings is 2. The van der Waals surface area contributed by atoms with E-state index in [1.165, 1.54) is 10.1 Å². The summed E-state index contributed by atoms with van der Waals surface area (Å²) < 4.78 is 21.4. The van der Waals surface area contributed by atoms with Gasteiger partial charge in [-0.05, 0) is 36.4 Å². The quantitative estimate of drug-likeness (QED) is 0.311.